The first kappa shape index (κ1) is 11.5. The number of rotatable bonds is 4. The van der Waals surface area contributed by atoms with Crippen molar-refractivity contribution in [1.82, 2.24) is 9.97 Å². The van der Waals surface area contributed by atoms with Crippen LogP contribution >= 0.6 is 0 Å². The van der Waals surface area contributed by atoms with E-state index in [1.54, 1.807) is 0 Å². The fraction of sp³-hybridized carbons (Fsp3) is 0.231. The molecule has 1 heterocycles. The van der Waals surface area contributed by atoms with Crippen molar-refractivity contribution in [3.8, 4) is 0 Å². The summed E-state index contributed by atoms with van der Waals surface area (Å²) < 4.78 is 13.5. The molecule has 1 aromatic carbocycles. The number of anilines is 1. The van der Waals surface area contributed by atoms with E-state index in [9.17, 15) is 4.39 Å². The largest absolute Gasteiger partial charge is 0.381 e. The summed E-state index contributed by atoms with van der Waals surface area (Å²) >= 11 is 0. The Kier molecular flexibility index (Phi) is 3.65. The van der Waals surface area contributed by atoms with Crippen LogP contribution in [0.3, 0.4) is 0 Å². The van der Waals surface area contributed by atoms with E-state index < -0.39 is 5.82 Å². The molecule has 0 radical (unpaired) electrons. The van der Waals surface area contributed by atoms with Gasteiger partial charge in [-0.2, -0.15) is 0 Å². The number of aryl methyl sites for hydroxylation is 2. The molecule has 3 nitrogen and oxygen atoms in total. The van der Waals surface area contributed by atoms with Crippen molar-refractivity contribution < 1.29 is 4.39 Å². The molecule has 0 saturated carbocycles. The highest BCUT2D eigenvalue weighted by atomic mass is 19.1. The van der Waals surface area contributed by atoms with Crippen LogP contribution in [0.15, 0.2) is 36.7 Å². The van der Waals surface area contributed by atoms with Gasteiger partial charge in [-0.3, -0.25) is 0 Å². The number of aromatic nitrogens is 2. The van der Waals surface area contributed by atoms with Gasteiger partial charge in [-0.05, 0) is 24.8 Å². The Balaban J connectivity index is 1.93. The van der Waals surface area contributed by atoms with Crippen molar-refractivity contribution in [3.05, 3.63) is 53.7 Å². The summed E-state index contributed by atoms with van der Waals surface area (Å²) in [4.78, 5) is 7.50. The van der Waals surface area contributed by atoms with Crippen LogP contribution < -0.4 is 5.73 Å². The molecule has 2 rings (SSSR count). The average Bonchev–Trinajstić information content (AvgIpc) is 2.36. The summed E-state index contributed by atoms with van der Waals surface area (Å²) in [6.45, 7) is 0. The minimum absolute atomic E-state index is 0.0743. The summed E-state index contributed by atoms with van der Waals surface area (Å²) in [7, 11) is 0. The van der Waals surface area contributed by atoms with E-state index in [1.165, 1.54) is 11.9 Å². The first-order valence-electron chi connectivity index (χ1n) is 5.56. The summed E-state index contributed by atoms with van der Waals surface area (Å²) in [5, 5.41) is 0. The molecule has 0 saturated heterocycles. The third-order valence-corrected chi connectivity index (χ3v) is 2.61. The fourth-order valence-corrected chi connectivity index (χ4v) is 1.70. The van der Waals surface area contributed by atoms with Gasteiger partial charge < -0.3 is 5.73 Å². The van der Waals surface area contributed by atoms with E-state index in [1.807, 2.05) is 18.2 Å². The SMILES string of the molecule is Nc1ncnc(CCCc2ccccc2)c1F. The molecule has 0 atom stereocenters. The van der Waals surface area contributed by atoms with Gasteiger partial charge in [0.05, 0.1) is 5.69 Å². The van der Waals surface area contributed by atoms with Gasteiger partial charge in [-0.1, -0.05) is 30.3 Å². The van der Waals surface area contributed by atoms with Gasteiger partial charge in [0.25, 0.3) is 0 Å². The smallest absolute Gasteiger partial charge is 0.186 e. The minimum Gasteiger partial charge on any atom is -0.381 e. The molecule has 17 heavy (non-hydrogen) atoms. The second-order valence-electron chi connectivity index (χ2n) is 3.86. The lowest BCUT2D eigenvalue weighted by atomic mass is 10.1. The first-order chi connectivity index (χ1) is 8.27. The normalized spacial score (nSPS) is 10.4. The molecule has 0 aliphatic carbocycles. The lowest BCUT2D eigenvalue weighted by molar-refractivity contribution is 0.590. The second-order valence-corrected chi connectivity index (χ2v) is 3.86. The number of halogens is 1. The zero-order chi connectivity index (χ0) is 12.1. The molecule has 2 N–H and O–H groups in total. The van der Waals surface area contributed by atoms with Crippen LogP contribution in [0.5, 0.6) is 0 Å². The molecule has 0 unspecified atom stereocenters. The Bertz CT molecular complexity index is 485. The van der Waals surface area contributed by atoms with Gasteiger partial charge in [0, 0.05) is 0 Å². The Morgan fingerprint density at radius 3 is 2.59 bits per heavy atom. The maximum Gasteiger partial charge on any atom is 0.186 e. The Labute approximate surface area is 99.5 Å². The molecular weight excluding hydrogens is 217 g/mol. The molecular formula is C13H14FN3. The van der Waals surface area contributed by atoms with E-state index in [0.717, 1.165) is 12.8 Å². The highest BCUT2D eigenvalue weighted by molar-refractivity contribution is 5.30. The molecule has 0 aliphatic rings. The number of nitrogens with zero attached hydrogens (tertiary/aromatic N) is 2. The average molecular weight is 231 g/mol. The first-order valence-corrected chi connectivity index (χ1v) is 5.56. The third-order valence-electron chi connectivity index (χ3n) is 2.61. The molecule has 1 aromatic heterocycles. The Morgan fingerprint density at radius 2 is 1.82 bits per heavy atom. The van der Waals surface area contributed by atoms with Crippen LogP contribution in [0.25, 0.3) is 0 Å². The summed E-state index contributed by atoms with van der Waals surface area (Å²) in [5.41, 5.74) is 7.02. The summed E-state index contributed by atoms with van der Waals surface area (Å²) in [5.74, 6) is -0.560. The zero-order valence-electron chi connectivity index (χ0n) is 9.44. The van der Waals surface area contributed by atoms with E-state index in [4.69, 9.17) is 5.73 Å². The van der Waals surface area contributed by atoms with Gasteiger partial charge in [0.1, 0.15) is 6.33 Å². The summed E-state index contributed by atoms with van der Waals surface area (Å²) in [6, 6.07) is 10.1. The van der Waals surface area contributed by atoms with Crippen molar-refractivity contribution in [2.45, 2.75) is 19.3 Å². The standard InChI is InChI=1S/C13H14FN3/c14-12-11(16-9-17-13(12)15)8-4-7-10-5-2-1-3-6-10/h1-3,5-6,9H,4,7-8H2,(H2,15,16,17). The molecule has 0 bridgehead atoms. The number of hydrogen-bond acceptors (Lipinski definition) is 3. The van der Waals surface area contributed by atoms with Gasteiger partial charge in [-0.15, -0.1) is 0 Å². The van der Waals surface area contributed by atoms with E-state index in [0.29, 0.717) is 12.1 Å². The minimum atomic E-state index is -0.486. The van der Waals surface area contributed by atoms with Crippen LogP contribution in [0, 0.1) is 5.82 Å². The maximum absolute atomic E-state index is 13.5. The van der Waals surface area contributed by atoms with Gasteiger partial charge in [0.15, 0.2) is 11.6 Å². The third kappa shape index (κ3) is 3.00. The lowest BCUT2D eigenvalue weighted by Gasteiger charge is -2.03. The number of benzene rings is 1. The van der Waals surface area contributed by atoms with Crippen molar-refractivity contribution in [1.29, 1.82) is 0 Å². The molecule has 0 aliphatic heterocycles. The van der Waals surface area contributed by atoms with Crippen LogP contribution in [-0.4, -0.2) is 9.97 Å². The highest BCUT2D eigenvalue weighted by Crippen LogP contribution is 2.12. The molecule has 0 fully saturated rings. The number of hydrogen-bond donors (Lipinski definition) is 1. The monoisotopic (exact) mass is 231 g/mol. The van der Waals surface area contributed by atoms with E-state index >= 15 is 0 Å². The number of nitrogen functional groups attached to an aromatic ring is 1. The maximum atomic E-state index is 13.5. The molecule has 0 spiro atoms. The summed E-state index contributed by atoms with van der Waals surface area (Å²) in [6.07, 6.45) is 3.63. The Morgan fingerprint density at radius 1 is 1.06 bits per heavy atom. The van der Waals surface area contributed by atoms with Crippen molar-refractivity contribution >= 4 is 5.82 Å². The van der Waals surface area contributed by atoms with Gasteiger partial charge in [-0.25, -0.2) is 14.4 Å². The van der Waals surface area contributed by atoms with Gasteiger partial charge >= 0.3 is 0 Å². The zero-order valence-corrected chi connectivity index (χ0v) is 9.44. The second kappa shape index (κ2) is 5.39. The quantitative estimate of drug-likeness (QED) is 0.878. The highest BCUT2D eigenvalue weighted by Gasteiger charge is 2.07. The van der Waals surface area contributed by atoms with Gasteiger partial charge in [0.2, 0.25) is 0 Å². The lowest BCUT2D eigenvalue weighted by Crippen LogP contribution is -2.03. The van der Waals surface area contributed by atoms with Crippen LogP contribution in [-0.2, 0) is 12.8 Å². The van der Waals surface area contributed by atoms with Crippen LogP contribution in [0.2, 0.25) is 0 Å². The molecule has 0 amide bonds. The fourth-order valence-electron chi connectivity index (χ4n) is 1.70. The molecule has 4 heteroatoms. The van der Waals surface area contributed by atoms with Crippen molar-refractivity contribution in [2.75, 3.05) is 5.73 Å². The molecule has 88 valence electrons. The predicted octanol–water partition coefficient (Wildman–Crippen LogP) is 2.37. The Hall–Kier alpha value is -1.97. The topological polar surface area (TPSA) is 51.8 Å². The van der Waals surface area contributed by atoms with Crippen molar-refractivity contribution in [2.24, 2.45) is 0 Å². The van der Waals surface area contributed by atoms with E-state index in [2.05, 4.69) is 22.1 Å². The molecule has 2 aromatic rings. The van der Waals surface area contributed by atoms with Crippen molar-refractivity contribution in [3.63, 3.8) is 0 Å². The number of nitrogens with two attached hydrogens (primary N) is 1. The van der Waals surface area contributed by atoms with E-state index in [-0.39, 0.29) is 5.82 Å². The predicted molar refractivity (Wildman–Crippen MR) is 64.9 cm³/mol. The van der Waals surface area contributed by atoms with Crippen LogP contribution in [0.1, 0.15) is 17.7 Å². The van der Waals surface area contributed by atoms with Crippen LogP contribution in [0.4, 0.5) is 10.2 Å².